The first kappa shape index (κ1) is 16.5. The lowest BCUT2D eigenvalue weighted by molar-refractivity contribution is -0.128. The van der Waals surface area contributed by atoms with E-state index in [1.165, 1.54) is 0 Å². The topological polar surface area (TPSA) is 66.5 Å². The number of amides is 1. The number of benzene rings is 1. The van der Waals surface area contributed by atoms with Crippen molar-refractivity contribution >= 4 is 15.9 Å². The highest BCUT2D eigenvalue weighted by Gasteiger charge is 2.32. The number of carbonyl (C=O) groups excluding carboxylic acids is 1. The molecule has 126 valence electrons. The molecule has 0 bridgehead atoms. The fourth-order valence-corrected chi connectivity index (χ4v) is 4.91. The number of hydrogen-bond acceptors (Lipinski definition) is 3. The average Bonchev–Trinajstić information content (AvgIpc) is 2.46. The van der Waals surface area contributed by atoms with Crippen molar-refractivity contribution in [1.82, 2.24) is 9.62 Å². The van der Waals surface area contributed by atoms with Crippen molar-refractivity contribution in [3.05, 3.63) is 29.8 Å². The molecule has 0 aromatic heterocycles. The first-order valence-electron chi connectivity index (χ1n) is 8.34. The number of hydrogen-bond donors (Lipinski definition) is 1. The van der Waals surface area contributed by atoms with Gasteiger partial charge in [-0.25, -0.2) is 8.42 Å². The Morgan fingerprint density at radius 1 is 1.13 bits per heavy atom. The zero-order valence-electron chi connectivity index (χ0n) is 13.5. The highest BCUT2D eigenvalue weighted by Crippen LogP contribution is 2.27. The van der Waals surface area contributed by atoms with E-state index in [9.17, 15) is 13.2 Å². The Balaban J connectivity index is 1.60. The number of carbonyl (C=O) groups is 1. The quantitative estimate of drug-likeness (QED) is 0.915. The molecule has 1 aliphatic carbocycles. The van der Waals surface area contributed by atoms with Gasteiger partial charge in [-0.3, -0.25) is 4.79 Å². The number of nitrogens with one attached hydrogen (secondary N) is 1. The van der Waals surface area contributed by atoms with Gasteiger partial charge in [-0.05, 0) is 44.2 Å². The molecule has 1 saturated carbocycles. The van der Waals surface area contributed by atoms with Gasteiger partial charge in [0.05, 0.1) is 4.90 Å². The van der Waals surface area contributed by atoms with Crippen molar-refractivity contribution in [1.29, 1.82) is 0 Å². The standard InChI is InChI=1S/C17H24N2O3S/c1-13-5-2-3-8-16(13)23(21,22)19-11-9-15(10-12-19)18-17(20)14-6-4-7-14/h2-3,5,8,14-15H,4,6-7,9-12H2,1H3,(H,18,20). The van der Waals surface area contributed by atoms with E-state index >= 15 is 0 Å². The molecule has 0 spiro atoms. The fraction of sp³-hybridized carbons (Fsp3) is 0.588. The fourth-order valence-electron chi connectivity index (χ4n) is 3.21. The zero-order valence-corrected chi connectivity index (χ0v) is 14.3. The number of aryl methyl sites for hydroxylation is 1. The van der Waals surface area contributed by atoms with Gasteiger partial charge >= 0.3 is 0 Å². The van der Waals surface area contributed by atoms with Crippen molar-refractivity contribution < 1.29 is 13.2 Å². The molecule has 23 heavy (non-hydrogen) atoms. The minimum atomic E-state index is -3.43. The first-order chi connectivity index (χ1) is 11.0. The second-order valence-corrected chi connectivity index (χ2v) is 8.49. The second kappa shape index (κ2) is 6.61. The van der Waals surface area contributed by atoms with E-state index in [0.717, 1.165) is 24.8 Å². The van der Waals surface area contributed by atoms with E-state index in [1.807, 2.05) is 19.1 Å². The molecule has 3 rings (SSSR count). The third-order valence-corrected chi connectivity index (χ3v) is 7.05. The summed E-state index contributed by atoms with van der Waals surface area (Å²) < 4.78 is 27.0. The van der Waals surface area contributed by atoms with Crippen LogP contribution in [0.1, 0.15) is 37.7 Å². The van der Waals surface area contributed by atoms with Crippen LogP contribution >= 0.6 is 0 Å². The second-order valence-electron chi connectivity index (χ2n) is 6.58. The predicted molar refractivity (Wildman–Crippen MR) is 88.4 cm³/mol. The lowest BCUT2D eigenvalue weighted by Gasteiger charge is -2.33. The molecular weight excluding hydrogens is 312 g/mol. The van der Waals surface area contributed by atoms with E-state index in [-0.39, 0.29) is 17.9 Å². The van der Waals surface area contributed by atoms with Gasteiger partial charge in [0.25, 0.3) is 0 Å². The summed E-state index contributed by atoms with van der Waals surface area (Å²) in [7, 11) is -3.43. The van der Waals surface area contributed by atoms with E-state index in [0.29, 0.717) is 30.8 Å². The average molecular weight is 336 g/mol. The van der Waals surface area contributed by atoms with Gasteiger partial charge in [0, 0.05) is 25.0 Å². The maximum absolute atomic E-state index is 12.7. The highest BCUT2D eigenvalue weighted by atomic mass is 32.2. The predicted octanol–water partition coefficient (Wildman–Crippen LogP) is 2.06. The van der Waals surface area contributed by atoms with Crippen molar-refractivity contribution in [3.63, 3.8) is 0 Å². The SMILES string of the molecule is Cc1ccccc1S(=O)(=O)N1CCC(NC(=O)C2CCC2)CC1. The van der Waals surface area contributed by atoms with Crippen LogP contribution in [0.5, 0.6) is 0 Å². The highest BCUT2D eigenvalue weighted by molar-refractivity contribution is 7.89. The van der Waals surface area contributed by atoms with Crippen molar-refractivity contribution in [3.8, 4) is 0 Å². The Hall–Kier alpha value is -1.40. The van der Waals surface area contributed by atoms with Crippen LogP contribution in [0.25, 0.3) is 0 Å². The largest absolute Gasteiger partial charge is 0.353 e. The lowest BCUT2D eigenvalue weighted by atomic mass is 9.84. The van der Waals surface area contributed by atoms with Gasteiger partial charge in [0.2, 0.25) is 15.9 Å². The number of nitrogens with zero attached hydrogens (tertiary/aromatic N) is 1. The van der Waals surface area contributed by atoms with Crippen LogP contribution in [0, 0.1) is 12.8 Å². The third-order valence-electron chi connectivity index (χ3n) is 4.99. The van der Waals surface area contributed by atoms with Crippen LogP contribution in [0.15, 0.2) is 29.2 Å². The maximum atomic E-state index is 12.7. The van der Waals surface area contributed by atoms with Crippen LogP contribution < -0.4 is 5.32 Å². The van der Waals surface area contributed by atoms with E-state index in [4.69, 9.17) is 0 Å². The molecule has 1 saturated heterocycles. The summed E-state index contributed by atoms with van der Waals surface area (Å²) >= 11 is 0. The molecule has 1 amide bonds. The summed E-state index contributed by atoms with van der Waals surface area (Å²) in [6, 6.07) is 7.18. The summed E-state index contributed by atoms with van der Waals surface area (Å²) in [6.45, 7) is 2.75. The van der Waals surface area contributed by atoms with Crippen molar-refractivity contribution in [2.24, 2.45) is 5.92 Å². The molecule has 0 radical (unpaired) electrons. The molecule has 1 heterocycles. The summed E-state index contributed by atoms with van der Waals surface area (Å²) in [5, 5.41) is 3.08. The Morgan fingerprint density at radius 3 is 2.35 bits per heavy atom. The molecule has 5 nitrogen and oxygen atoms in total. The summed E-state index contributed by atoms with van der Waals surface area (Å²) in [6.07, 6.45) is 4.50. The molecule has 2 fully saturated rings. The number of sulfonamides is 1. The minimum absolute atomic E-state index is 0.103. The van der Waals surface area contributed by atoms with Crippen LogP contribution in [0.2, 0.25) is 0 Å². The summed E-state index contributed by atoms with van der Waals surface area (Å²) in [5.74, 6) is 0.334. The van der Waals surface area contributed by atoms with Crippen LogP contribution in [0.4, 0.5) is 0 Å². The Morgan fingerprint density at radius 2 is 1.78 bits per heavy atom. The van der Waals surface area contributed by atoms with Crippen LogP contribution in [0.3, 0.4) is 0 Å². The summed E-state index contributed by atoms with van der Waals surface area (Å²) in [5.41, 5.74) is 0.771. The molecule has 6 heteroatoms. The normalized spacial score (nSPS) is 20.9. The van der Waals surface area contributed by atoms with Gasteiger partial charge in [0.1, 0.15) is 0 Å². The van der Waals surface area contributed by atoms with Gasteiger partial charge < -0.3 is 5.32 Å². The van der Waals surface area contributed by atoms with Gasteiger partial charge in [0.15, 0.2) is 0 Å². The summed E-state index contributed by atoms with van der Waals surface area (Å²) in [4.78, 5) is 12.4. The van der Waals surface area contributed by atoms with Gasteiger partial charge in [-0.15, -0.1) is 0 Å². The minimum Gasteiger partial charge on any atom is -0.353 e. The first-order valence-corrected chi connectivity index (χ1v) is 9.78. The monoisotopic (exact) mass is 336 g/mol. The molecule has 0 unspecified atom stereocenters. The molecule has 1 aromatic carbocycles. The molecule has 1 aliphatic heterocycles. The van der Waals surface area contributed by atoms with E-state index < -0.39 is 10.0 Å². The van der Waals surface area contributed by atoms with Gasteiger partial charge in [-0.1, -0.05) is 24.6 Å². The van der Waals surface area contributed by atoms with Gasteiger partial charge in [-0.2, -0.15) is 4.31 Å². The molecule has 1 aromatic rings. The molecule has 2 aliphatic rings. The van der Waals surface area contributed by atoms with E-state index in [1.54, 1.807) is 16.4 Å². The molecule has 1 N–H and O–H groups in total. The Bertz CT molecular complexity index is 675. The smallest absolute Gasteiger partial charge is 0.243 e. The third kappa shape index (κ3) is 3.43. The van der Waals surface area contributed by atoms with E-state index in [2.05, 4.69) is 5.32 Å². The Labute approximate surface area is 138 Å². The van der Waals surface area contributed by atoms with Crippen molar-refractivity contribution in [2.75, 3.05) is 13.1 Å². The maximum Gasteiger partial charge on any atom is 0.243 e. The molecular formula is C17H24N2O3S. The van der Waals surface area contributed by atoms with Crippen molar-refractivity contribution in [2.45, 2.75) is 50.0 Å². The number of rotatable bonds is 4. The lowest BCUT2D eigenvalue weighted by Crippen LogP contribution is -2.48. The van der Waals surface area contributed by atoms with Crippen LogP contribution in [-0.2, 0) is 14.8 Å². The molecule has 0 atom stereocenters. The van der Waals surface area contributed by atoms with Crippen LogP contribution in [-0.4, -0.2) is 37.8 Å². The Kier molecular flexibility index (Phi) is 4.73. The number of piperidine rings is 1. The zero-order chi connectivity index (χ0) is 16.4.